The maximum absolute atomic E-state index is 13.1. The van der Waals surface area contributed by atoms with E-state index in [1.54, 1.807) is 0 Å². The highest BCUT2D eigenvalue weighted by molar-refractivity contribution is 5.82. The van der Waals surface area contributed by atoms with Crippen LogP contribution in [0.3, 0.4) is 0 Å². The fourth-order valence-corrected chi connectivity index (χ4v) is 5.45. The third-order valence-electron chi connectivity index (χ3n) is 8.30. The van der Waals surface area contributed by atoms with E-state index in [0.29, 0.717) is 6.54 Å². The largest absolute Gasteiger partial charge is 0.490 e. The van der Waals surface area contributed by atoms with E-state index in [1.165, 1.54) is 38.5 Å². The van der Waals surface area contributed by atoms with Gasteiger partial charge in [-0.3, -0.25) is 19.1 Å². The summed E-state index contributed by atoms with van der Waals surface area (Å²) < 4.78 is 49.7. The third-order valence-corrected chi connectivity index (χ3v) is 8.30. The zero-order valence-corrected chi connectivity index (χ0v) is 27.7. The highest BCUT2D eigenvalue weighted by Gasteiger charge is 2.53. The lowest BCUT2D eigenvalue weighted by atomic mass is 9.99. The molecule has 0 saturated carbocycles. The molecule has 11 N–H and O–H groups in total. The molecule has 0 unspecified atom stereocenters. The molecule has 1 amide bonds. The summed E-state index contributed by atoms with van der Waals surface area (Å²) in [6.07, 6.45) is -5.92. The number of nitrogens with two attached hydrogens (primary N) is 2. The number of carboxylic acid groups (broad SMARTS) is 1. The zero-order valence-electron chi connectivity index (χ0n) is 27.7. The summed E-state index contributed by atoms with van der Waals surface area (Å²) >= 11 is 0. The number of unbranched alkanes of at least 4 members (excludes halogenated alkanes) is 9. The molecule has 50 heavy (non-hydrogen) atoms. The lowest BCUT2D eigenvalue weighted by Gasteiger charge is -2.32. The van der Waals surface area contributed by atoms with Crippen molar-refractivity contribution < 1.29 is 62.5 Å². The van der Waals surface area contributed by atoms with Crippen molar-refractivity contribution >= 4 is 11.9 Å². The average Bonchev–Trinajstić information content (AvgIpc) is 3.50. The Morgan fingerprint density at radius 2 is 1.52 bits per heavy atom. The summed E-state index contributed by atoms with van der Waals surface area (Å²) in [7, 11) is 0. The first-order valence-corrected chi connectivity index (χ1v) is 16.6. The van der Waals surface area contributed by atoms with Crippen LogP contribution in [0.5, 0.6) is 0 Å². The molecule has 2 saturated heterocycles. The highest BCUT2D eigenvalue weighted by atomic mass is 19.4. The number of aliphatic hydroxyl groups is 4. The number of halogens is 3. The van der Waals surface area contributed by atoms with Crippen LogP contribution in [0.1, 0.15) is 77.4 Å². The van der Waals surface area contributed by atoms with Crippen molar-refractivity contribution in [2.45, 2.75) is 139 Å². The van der Waals surface area contributed by atoms with Crippen LogP contribution in [0.2, 0.25) is 0 Å². The molecule has 288 valence electrons. The number of rotatable bonds is 18. The lowest BCUT2D eigenvalue weighted by molar-refractivity contribution is -0.224. The van der Waals surface area contributed by atoms with Gasteiger partial charge < -0.3 is 56.5 Å². The fraction of sp³-hybridized carbons (Fsp3) is 0.800. The second kappa shape index (κ2) is 20.8. The minimum absolute atomic E-state index is 0.132. The molecule has 1 aromatic heterocycles. The van der Waals surface area contributed by atoms with Crippen LogP contribution in [0.4, 0.5) is 13.2 Å². The highest BCUT2D eigenvalue weighted by Crippen LogP contribution is 2.34. The number of aromatic nitrogens is 2. The van der Waals surface area contributed by atoms with Crippen LogP contribution in [-0.2, 0) is 23.8 Å². The Balaban J connectivity index is 0.00000112. The molecule has 10 atom stereocenters. The number of carbonyl (C=O) groups is 2. The van der Waals surface area contributed by atoms with E-state index in [2.05, 4.69) is 12.2 Å². The van der Waals surface area contributed by atoms with E-state index < -0.39 is 90.6 Å². The molecule has 2 fully saturated rings. The number of nitrogens with one attached hydrogen (secondary N) is 2. The van der Waals surface area contributed by atoms with Crippen LogP contribution in [0.25, 0.3) is 0 Å². The number of carbonyl (C=O) groups excluding carboxylic acids is 1. The third kappa shape index (κ3) is 12.7. The average molecular weight is 730 g/mol. The van der Waals surface area contributed by atoms with Crippen molar-refractivity contribution in [1.82, 2.24) is 14.9 Å². The van der Waals surface area contributed by atoms with Gasteiger partial charge in [-0.15, -0.1) is 0 Å². The second-order valence-corrected chi connectivity index (χ2v) is 12.2. The summed E-state index contributed by atoms with van der Waals surface area (Å²) in [6.45, 7) is 2.41. The number of hydrogen-bond acceptors (Lipinski definition) is 13. The summed E-state index contributed by atoms with van der Waals surface area (Å²) in [5.74, 6) is -3.40. The quantitative estimate of drug-likeness (QED) is 0.0816. The monoisotopic (exact) mass is 729 g/mol. The Labute approximate surface area is 285 Å². The second-order valence-electron chi connectivity index (χ2n) is 12.2. The van der Waals surface area contributed by atoms with Crippen LogP contribution >= 0.6 is 0 Å². The van der Waals surface area contributed by atoms with E-state index in [9.17, 15) is 48.0 Å². The van der Waals surface area contributed by atoms with Gasteiger partial charge in [0.1, 0.15) is 48.8 Å². The van der Waals surface area contributed by atoms with E-state index >= 15 is 0 Å². The standard InChI is InChI=1S/C28H49N5O10.C2HF3O2/c1-2-3-4-5-6-7-8-9-10-11-13-31-25(39)18(30)23(43-27-22(38)19(35)16(15-29)41-27)24-20(36)21(37)26(42-24)33-14-12-17(34)32-28(33)40;3-2(4,5)1(6)7/h12,14,16,18-24,26-27,35-38H,2-11,13,15,29-30H2,1H3,(H,31,39)(H,32,34,40);(H,6,7)/t16-,18+,19-,20+,21-,22-,23+,24+,26-,27+;/m1./s1. The first kappa shape index (κ1) is 43.2. The summed E-state index contributed by atoms with van der Waals surface area (Å²) in [5.41, 5.74) is 10.3. The van der Waals surface area contributed by atoms with Gasteiger partial charge in [0.05, 0.1) is 0 Å². The normalized spacial score (nSPS) is 27.7. The van der Waals surface area contributed by atoms with Gasteiger partial charge in [0.2, 0.25) is 5.91 Å². The molecule has 3 rings (SSSR count). The van der Waals surface area contributed by atoms with Crippen molar-refractivity contribution in [3.05, 3.63) is 33.1 Å². The maximum Gasteiger partial charge on any atom is 0.490 e. The summed E-state index contributed by atoms with van der Waals surface area (Å²) in [4.78, 5) is 47.8. The molecule has 0 bridgehead atoms. The van der Waals surface area contributed by atoms with Gasteiger partial charge in [-0.2, -0.15) is 13.2 Å². The van der Waals surface area contributed by atoms with Gasteiger partial charge >= 0.3 is 17.8 Å². The number of ether oxygens (including phenoxy) is 3. The fourth-order valence-electron chi connectivity index (χ4n) is 5.45. The minimum atomic E-state index is -5.08. The smallest absolute Gasteiger partial charge is 0.475 e. The lowest BCUT2D eigenvalue weighted by Crippen LogP contribution is -2.58. The predicted octanol–water partition coefficient (Wildman–Crippen LogP) is -1.06. The van der Waals surface area contributed by atoms with Crippen molar-refractivity contribution in [2.24, 2.45) is 11.5 Å². The van der Waals surface area contributed by atoms with E-state index in [4.69, 9.17) is 35.6 Å². The number of nitrogens with zero attached hydrogens (tertiary/aromatic N) is 1. The SMILES string of the molecule is CCCCCCCCCCCCNC(=O)[C@@H](N)[C@H](O[C@@H]1O[C@H](CN)[C@@H](O)[C@H]1O)[C@H]1O[C@@H](n2ccc(=O)[nH]c2=O)[C@H](O)[C@@H]1O.O=C(O)C(F)(F)F. The van der Waals surface area contributed by atoms with Crippen molar-refractivity contribution in [2.75, 3.05) is 13.1 Å². The Bertz CT molecular complexity index is 1300. The molecule has 17 nitrogen and oxygen atoms in total. The molecule has 2 aliphatic heterocycles. The Morgan fingerprint density at radius 3 is 2.02 bits per heavy atom. The molecule has 0 aromatic carbocycles. The van der Waals surface area contributed by atoms with Crippen molar-refractivity contribution in [3.8, 4) is 0 Å². The van der Waals surface area contributed by atoms with Gasteiger partial charge in [0, 0.05) is 25.4 Å². The Kier molecular flexibility index (Phi) is 18.0. The molecule has 1 aromatic rings. The zero-order chi connectivity index (χ0) is 37.6. The molecule has 2 aliphatic rings. The summed E-state index contributed by atoms with van der Waals surface area (Å²) in [5, 5.41) is 52.2. The first-order valence-electron chi connectivity index (χ1n) is 16.6. The summed E-state index contributed by atoms with van der Waals surface area (Å²) in [6, 6.07) is -0.444. The number of carboxylic acids is 1. The molecule has 3 heterocycles. The van der Waals surface area contributed by atoms with Crippen LogP contribution in [0.15, 0.2) is 21.9 Å². The van der Waals surface area contributed by atoms with Crippen molar-refractivity contribution in [1.29, 1.82) is 0 Å². The molecule has 0 radical (unpaired) electrons. The molecule has 0 aliphatic carbocycles. The van der Waals surface area contributed by atoms with Gasteiger partial charge in [0.25, 0.3) is 5.56 Å². The predicted molar refractivity (Wildman–Crippen MR) is 168 cm³/mol. The van der Waals surface area contributed by atoms with Crippen LogP contribution in [0, 0.1) is 0 Å². The minimum Gasteiger partial charge on any atom is -0.475 e. The number of amides is 1. The van der Waals surface area contributed by atoms with E-state index in [-0.39, 0.29) is 6.54 Å². The van der Waals surface area contributed by atoms with Crippen LogP contribution in [-0.4, -0.2) is 121 Å². The van der Waals surface area contributed by atoms with Gasteiger partial charge in [-0.25, -0.2) is 9.59 Å². The van der Waals surface area contributed by atoms with Gasteiger partial charge in [-0.1, -0.05) is 64.7 Å². The van der Waals surface area contributed by atoms with Gasteiger partial charge in [-0.05, 0) is 6.42 Å². The Hall–Kier alpha value is -2.95. The topological polar surface area (TPSA) is 282 Å². The first-order chi connectivity index (χ1) is 23.5. The number of aromatic amines is 1. The number of aliphatic hydroxyl groups excluding tert-OH is 4. The number of alkyl halides is 3. The molecular weight excluding hydrogens is 679 g/mol. The maximum atomic E-state index is 13.1. The van der Waals surface area contributed by atoms with E-state index in [0.717, 1.165) is 42.5 Å². The van der Waals surface area contributed by atoms with Gasteiger partial charge in [0.15, 0.2) is 12.5 Å². The molecule has 0 spiro atoms. The molecule has 20 heteroatoms. The van der Waals surface area contributed by atoms with E-state index in [1.807, 2.05) is 4.98 Å². The van der Waals surface area contributed by atoms with Crippen LogP contribution < -0.4 is 28.0 Å². The number of aliphatic carboxylic acids is 1. The molecular formula is C30H50F3N5O12. The number of H-pyrrole nitrogens is 1. The Morgan fingerprint density at radius 1 is 0.960 bits per heavy atom. The van der Waals surface area contributed by atoms with Crippen molar-refractivity contribution in [3.63, 3.8) is 0 Å². The number of hydrogen-bond donors (Lipinski definition) is 9.